The van der Waals surface area contributed by atoms with E-state index in [0.29, 0.717) is 5.69 Å². The second-order valence-corrected chi connectivity index (χ2v) is 6.51. The van der Waals surface area contributed by atoms with Crippen LogP contribution in [0, 0.1) is 0 Å². The number of amides is 1. The van der Waals surface area contributed by atoms with Gasteiger partial charge < -0.3 is 4.90 Å². The molecule has 0 unspecified atom stereocenters. The Kier molecular flexibility index (Phi) is 5.91. The summed E-state index contributed by atoms with van der Waals surface area (Å²) in [5, 5.41) is 4.03. The van der Waals surface area contributed by atoms with Crippen LogP contribution in [0.3, 0.4) is 0 Å². The lowest BCUT2D eigenvalue weighted by atomic mass is 10.1. The molecule has 0 radical (unpaired) electrons. The lowest BCUT2D eigenvalue weighted by Crippen LogP contribution is -2.18. The van der Waals surface area contributed by atoms with Crippen LogP contribution in [0.15, 0.2) is 114 Å². The third kappa shape index (κ3) is 4.59. The van der Waals surface area contributed by atoms with Gasteiger partial charge in [-0.05, 0) is 54.1 Å². The number of nitrogens with one attached hydrogen (secondary N) is 1. The molecule has 1 aromatic heterocycles. The number of pyridine rings is 1. The number of para-hydroxylation sites is 2. The van der Waals surface area contributed by atoms with Crippen LogP contribution in [0.4, 0.5) is 17.1 Å². The minimum atomic E-state index is -0.345. The highest BCUT2D eigenvalue weighted by Gasteiger charge is 2.11. The second-order valence-electron chi connectivity index (χ2n) is 6.51. The molecule has 0 saturated heterocycles. The van der Waals surface area contributed by atoms with Crippen molar-refractivity contribution in [3.05, 3.63) is 121 Å². The van der Waals surface area contributed by atoms with Crippen molar-refractivity contribution in [3.8, 4) is 0 Å². The van der Waals surface area contributed by atoms with E-state index in [1.54, 1.807) is 30.6 Å². The summed E-state index contributed by atoms with van der Waals surface area (Å²) in [5.41, 5.74) is 6.88. The molecule has 1 heterocycles. The van der Waals surface area contributed by atoms with Crippen LogP contribution < -0.4 is 10.3 Å². The van der Waals surface area contributed by atoms with Crippen molar-refractivity contribution in [2.75, 3.05) is 4.90 Å². The lowest BCUT2D eigenvalue weighted by Gasteiger charge is -2.25. The molecule has 0 atom stereocenters. The van der Waals surface area contributed by atoms with Gasteiger partial charge in [0.1, 0.15) is 5.69 Å². The molecule has 0 aliphatic heterocycles. The van der Waals surface area contributed by atoms with E-state index in [1.807, 2.05) is 60.7 Å². The maximum absolute atomic E-state index is 12.0. The first-order chi connectivity index (χ1) is 14.8. The molecule has 4 aromatic rings. The van der Waals surface area contributed by atoms with Gasteiger partial charge >= 0.3 is 0 Å². The number of aromatic nitrogens is 1. The van der Waals surface area contributed by atoms with Gasteiger partial charge in [0.15, 0.2) is 0 Å². The van der Waals surface area contributed by atoms with Crippen molar-refractivity contribution >= 4 is 29.2 Å². The summed E-state index contributed by atoms with van der Waals surface area (Å²) in [6.07, 6.45) is 3.18. The first-order valence-electron chi connectivity index (χ1n) is 9.56. The van der Waals surface area contributed by atoms with E-state index in [4.69, 9.17) is 0 Å². The number of carbonyl (C=O) groups excluding carboxylic acids is 1. The third-order valence-corrected chi connectivity index (χ3v) is 4.46. The molecular formula is C25H20N4O. The predicted molar refractivity (Wildman–Crippen MR) is 120 cm³/mol. The molecule has 0 aliphatic carbocycles. The topological polar surface area (TPSA) is 57.6 Å². The summed E-state index contributed by atoms with van der Waals surface area (Å²) in [6, 6.07) is 33.6. The number of benzene rings is 3. The first kappa shape index (κ1) is 19.1. The molecule has 5 heteroatoms. The van der Waals surface area contributed by atoms with E-state index in [-0.39, 0.29) is 5.91 Å². The van der Waals surface area contributed by atoms with E-state index in [2.05, 4.69) is 44.7 Å². The van der Waals surface area contributed by atoms with Gasteiger partial charge in [-0.1, -0.05) is 54.6 Å². The average Bonchev–Trinajstić information content (AvgIpc) is 2.82. The Morgan fingerprint density at radius 3 is 1.87 bits per heavy atom. The minimum absolute atomic E-state index is 0.325. The van der Waals surface area contributed by atoms with E-state index in [0.717, 1.165) is 22.6 Å². The van der Waals surface area contributed by atoms with Crippen LogP contribution in [0.5, 0.6) is 0 Å². The molecular weight excluding hydrogens is 372 g/mol. The Labute approximate surface area is 175 Å². The van der Waals surface area contributed by atoms with Gasteiger partial charge in [-0.15, -0.1) is 0 Å². The van der Waals surface area contributed by atoms with Gasteiger partial charge in [-0.2, -0.15) is 5.10 Å². The van der Waals surface area contributed by atoms with Gasteiger partial charge in [-0.3, -0.25) is 9.78 Å². The van der Waals surface area contributed by atoms with Crippen LogP contribution in [-0.4, -0.2) is 17.1 Å². The molecule has 1 amide bonds. The van der Waals surface area contributed by atoms with Crippen molar-refractivity contribution in [2.24, 2.45) is 5.10 Å². The van der Waals surface area contributed by atoms with Crippen molar-refractivity contribution in [3.63, 3.8) is 0 Å². The Hall–Kier alpha value is -4.25. The van der Waals surface area contributed by atoms with E-state index in [9.17, 15) is 4.79 Å². The fourth-order valence-electron chi connectivity index (χ4n) is 3.03. The van der Waals surface area contributed by atoms with Gasteiger partial charge in [-0.25, -0.2) is 5.43 Å². The minimum Gasteiger partial charge on any atom is -0.311 e. The molecule has 146 valence electrons. The quantitative estimate of drug-likeness (QED) is 0.357. The molecule has 1 N–H and O–H groups in total. The number of rotatable bonds is 6. The Morgan fingerprint density at radius 1 is 0.733 bits per heavy atom. The van der Waals surface area contributed by atoms with Crippen molar-refractivity contribution < 1.29 is 4.79 Å². The first-order valence-corrected chi connectivity index (χ1v) is 9.56. The fourth-order valence-corrected chi connectivity index (χ4v) is 3.03. The number of nitrogens with zero attached hydrogens (tertiary/aromatic N) is 3. The molecule has 0 saturated carbocycles. The van der Waals surface area contributed by atoms with Crippen LogP contribution in [-0.2, 0) is 0 Å². The number of hydrogen-bond acceptors (Lipinski definition) is 4. The molecule has 0 aliphatic rings. The van der Waals surface area contributed by atoms with Crippen molar-refractivity contribution in [2.45, 2.75) is 0 Å². The fraction of sp³-hybridized carbons (Fsp3) is 0. The largest absolute Gasteiger partial charge is 0.311 e. The molecule has 4 rings (SSSR count). The zero-order chi connectivity index (χ0) is 20.6. The Bertz CT molecular complexity index is 1070. The highest BCUT2D eigenvalue weighted by atomic mass is 16.2. The summed E-state index contributed by atoms with van der Waals surface area (Å²) in [4.78, 5) is 18.2. The predicted octanol–water partition coefficient (Wildman–Crippen LogP) is 5.32. The Morgan fingerprint density at radius 2 is 1.30 bits per heavy atom. The molecule has 3 aromatic carbocycles. The smallest absolute Gasteiger partial charge is 0.289 e. The molecule has 0 spiro atoms. The third-order valence-electron chi connectivity index (χ3n) is 4.46. The van der Waals surface area contributed by atoms with E-state index < -0.39 is 0 Å². The van der Waals surface area contributed by atoms with Crippen molar-refractivity contribution in [1.82, 2.24) is 10.4 Å². The van der Waals surface area contributed by atoms with Gasteiger partial charge in [0.25, 0.3) is 5.91 Å². The summed E-state index contributed by atoms with van der Waals surface area (Å²) < 4.78 is 0. The maximum Gasteiger partial charge on any atom is 0.289 e. The highest BCUT2D eigenvalue weighted by molar-refractivity contribution is 5.93. The van der Waals surface area contributed by atoms with E-state index in [1.165, 1.54) is 0 Å². The van der Waals surface area contributed by atoms with Crippen LogP contribution in [0.1, 0.15) is 16.1 Å². The lowest BCUT2D eigenvalue weighted by molar-refractivity contribution is 0.0950. The number of hydrazone groups is 1. The molecule has 5 nitrogen and oxygen atoms in total. The number of carbonyl (C=O) groups is 1. The summed E-state index contributed by atoms with van der Waals surface area (Å²) in [7, 11) is 0. The van der Waals surface area contributed by atoms with Crippen molar-refractivity contribution in [1.29, 1.82) is 0 Å². The molecule has 30 heavy (non-hydrogen) atoms. The second kappa shape index (κ2) is 9.30. The van der Waals surface area contributed by atoms with Gasteiger partial charge in [0.2, 0.25) is 0 Å². The summed E-state index contributed by atoms with van der Waals surface area (Å²) >= 11 is 0. The number of anilines is 3. The van der Waals surface area contributed by atoms with Gasteiger partial charge in [0.05, 0.1) is 6.21 Å². The van der Waals surface area contributed by atoms with Crippen LogP contribution in [0.2, 0.25) is 0 Å². The highest BCUT2D eigenvalue weighted by Crippen LogP contribution is 2.33. The average molecular weight is 392 g/mol. The maximum atomic E-state index is 12.0. The van der Waals surface area contributed by atoms with Crippen LogP contribution >= 0.6 is 0 Å². The molecule has 0 bridgehead atoms. The SMILES string of the molecule is O=C(NN=Cc1ccc(N(c2ccccc2)c2ccccc2)cc1)c1ccccn1. The molecule has 0 fully saturated rings. The number of hydrogen-bond donors (Lipinski definition) is 1. The summed E-state index contributed by atoms with van der Waals surface area (Å²) in [5.74, 6) is -0.345. The zero-order valence-electron chi connectivity index (χ0n) is 16.2. The van der Waals surface area contributed by atoms with Crippen LogP contribution in [0.25, 0.3) is 0 Å². The standard InChI is InChI=1S/C25H20N4O/c30-25(24-13-7-8-18-26-24)28-27-19-20-14-16-23(17-15-20)29(21-9-3-1-4-10-21)22-11-5-2-6-12-22/h1-19H,(H,28,30). The normalized spacial score (nSPS) is 10.7. The van der Waals surface area contributed by atoms with Gasteiger partial charge in [0, 0.05) is 23.3 Å². The summed E-state index contributed by atoms with van der Waals surface area (Å²) in [6.45, 7) is 0. The monoisotopic (exact) mass is 392 g/mol. The zero-order valence-corrected chi connectivity index (χ0v) is 16.2. The van der Waals surface area contributed by atoms with E-state index >= 15 is 0 Å². The Balaban J connectivity index is 1.52.